The van der Waals surface area contributed by atoms with E-state index < -0.39 is 5.41 Å². The van der Waals surface area contributed by atoms with Crippen molar-refractivity contribution < 1.29 is 4.79 Å². The van der Waals surface area contributed by atoms with Crippen LogP contribution in [0.1, 0.15) is 26.7 Å². The lowest BCUT2D eigenvalue weighted by atomic mass is 9.93. The van der Waals surface area contributed by atoms with Crippen LogP contribution >= 0.6 is 11.8 Å². The molecular formula is C16H22N2OS. The van der Waals surface area contributed by atoms with Gasteiger partial charge in [0.25, 0.3) is 0 Å². The zero-order chi connectivity index (χ0) is 15.0. The smallest absolute Gasteiger partial charge is 0.236 e. The van der Waals surface area contributed by atoms with Gasteiger partial charge in [-0.1, -0.05) is 48.7 Å². The van der Waals surface area contributed by atoms with Gasteiger partial charge in [-0.15, -0.1) is 0 Å². The van der Waals surface area contributed by atoms with Crippen LogP contribution < -0.4 is 5.32 Å². The van der Waals surface area contributed by atoms with Gasteiger partial charge in [-0.2, -0.15) is 0 Å². The summed E-state index contributed by atoms with van der Waals surface area (Å²) >= 11 is 1.43. The van der Waals surface area contributed by atoms with Gasteiger partial charge in [-0.3, -0.25) is 4.79 Å². The van der Waals surface area contributed by atoms with Crippen LogP contribution in [0, 0.1) is 5.41 Å². The number of amidine groups is 1. The summed E-state index contributed by atoms with van der Waals surface area (Å²) in [5.74, 6) is 0.0151. The average Bonchev–Trinajstić information content (AvgIpc) is 3.24. The normalized spacial score (nSPS) is 18.6. The Balaban J connectivity index is 2.90. The third-order valence-corrected chi connectivity index (χ3v) is 3.73. The molecule has 1 aliphatic carbocycles. The second kappa shape index (κ2) is 7.90. The van der Waals surface area contributed by atoms with Crippen LogP contribution in [-0.2, 0) is 4.79 Å². The molecule has 1 amide bonds. The number of allylic oxidation sites excluding steroid dienone is 5. The molecule has 0 aliphatic heterocycles. The van der Waals surface area contributed by atoms with Gasteiger partial charge in [0.05, 0.1) is 5.41 Å². The van der Waals surface area contributed by atoms with E-state index in [2.05, 4.69) is 16.9 Å². The summed E-state index contributed by atoms with van der Waals surface area (Å²) in [7, 11) is 0. The molecule has 0 radical (unpaired) electrons. The number of aliphatic imine (C=N–C) groups is 1. The molecule has 1 N–H and O–H groups in total. The Morgan fingerprint density at radius 2 is 2.05 bits per heavy atom. The minimum atomic E-state index is -0.410. The van der Waals surface area contributed by atoms with Crippen LogP contribution in [0.3, 0.4) is 0 Å². The van der Waals surface area contributed by atoms with E-state index in [1.165, 1.54) is 11.8 Å². The molecule has 20 heavy (non-hydrogen) atoms. The van der Waals surface area contributed by atoms with E-state index in [9.17, 15) is 4.79 Å². The van der Waals surface area contributed by atoms with Gasteiger partial charge in [-0.25, -0.2) is 4.99 Å². The summed E-state index contributed by atoms with van der Waals surface area (Å²) in [4.78, 5) is 16.7. The fraction of sp³-hybridized carbons (Fsp3) is 0.375. The standard InChI is InChI=1S/C16H22N2OS/c1-5-8-13(9-6-2)16(10-11-16)14(19)18-15(20-4)17-12-7-3/h5-9,12H,1,10-11H2,2-4H3,(H,17,18,19)/b9-6-,12-7-,13-8+. The molecule has 0 spiro atoms. The van der Waals surface area contributed by atoms with Gasteiger partial charge in [0, 0.05) is 6.20 Å². The molecular weight excluding hydrogens is 268 g/mol. The Morgan fingerprint density at radius 1 is 1.35 bits per heavy atom. The summed E-state index contributed by atoms with van der Waals surface area (Å²) in [6.07, 6.45) is 14.7. The molecule has 0 heterocycles. The first-order valence-corrected chi connectivity index (χ1v) is 7.87. The monoisotopic (exact) mass is 290 g/mol. The highest BCUT2D eigenvalue weighted by molar-refractivity contribution is 8.13. The van der Waals surface area contributed by atoms with Crippen molar-refractivity contribution >= 4 is 22.8 Å². The number of rotatable bonds is 5. The molecule has 1 aliphatic rings. The lowest BCUT2D eigenvalue weighted by Crippen LogP contribution is -2.36. The molecule has 1 fully saturated rings. The summed E-state index contributed by atoms with van der Waals surface area (Å²) in [5, 5.41) is 3.54. The predicted molar refractivity (Wildman–Crippen MR) is 88.7 cm³/mol. The molecule has 0 saturated heterocycles. The highest BCUT2D eigenvalue weighted by atomic mass is 32.2. The molecule has 0 bridgehead atoms. The molecule has 0 aromatic rings. The Kier molecular flexibility index (Phi) is 6.52. The first kappa shape index (κ1) is 16.5. The summed E-state index contributed by atoms with van der Waals surface area (Å²) in [5.41, 5.74) is 0.603. The van der Waals surface area contributed by atoms with Gasteiger partial charge in [-0.05, 0) is 38.5 Å². The largest absolute Gasteiger partial charge is 0.304 e. The summed E-state index contributed by atoms with van der Waals surface area (Å²) in [6, 6.07) is 0. The zero-order valence-electron chi connectivity index (χ0n) is 12.3. The summed E-state index contributed by atoms with van der Waals surface area (Å²) < 4.78 is 0. The third kappa shape index (κ3) is 3.97. The van der Waals surface area contributed by atoms with Crippen molar-refractivity contribution in [3.63, 3.8) is 0 Å². The minimum absolute atomic E-state index is 0.0151. The van der Waals surface area contributed by atoms with E-state index in [1.807, 2.05) is 44.4 Å². The molecule has 0 aromatic carbocycles. The number of hydrogen-bond donors (Lipinski definition) is 1. The van der Waals surface area contributed by atoms with E-state index in [-0.39, 0.29) is 5.91 Å². The number of amides is 1. The van der Waals surface area contributed by atoms with Crippen molar-refractivity contribution in [1.29, 1.82) is 0 Å². The summed E-state index contributed by atoms with van der Waals surface area (Å²) in [6.45, 7) is 7.56. The van der Waals surface area contributed by atoms with Crippen molar-refractivity contribution in [2.75, 3.05) is 6.26 Å². The van der Waals surface area contributed by atoms with Crippen LogP contribution in [0.5, 0.6) is 0 Å². The quantitative estimate of drug-likeness (QED) is 0.475. The maximum atomic E-state index is 12.5. The first-order valence-electron chi connectivity index (χ1n) is 6.65. The number of carbonyl (C=O) groups excluding carboxylic acids is 1. The Morgan fingerprint density at radius 3 is 2.50 bits per heavy atom. The van der Waals surface area contributed by atoms with Crippen molar-refractivity contribution in [3.8, 4) is 0 Å². The maximum absolute atomic E-state index is 12.5. The fourth-order valence-electron chi connectivity index (χ4n) is 1.95. The number of carbonyl (C=O) groups is 1. The second-order valence-corrected chi connectivity index (χ2v) is 5.31. The lowest BCUT2D eigenvalue weighted by Gasteiger charge is -2.16. The maximum Gasteiger partial charge on any atom is 0.236 e. The molecule has 108 valence electrons. The Hall–Kier alpha value is -1.55. The van der Waals surface area contributed by atoms with E-state index in [0.29, 0.717) is 5.17 Å². The van der Waals surface area contributed by atoms with Crippen LogP contribution in [0.15, 0.2) is 53.7 Å². The van der Waals surface area contributed by atoms with Crippen molar-refractivity contribution in [2.24, 2.45) is 10.4 Å². The van der Waals surface area contributed by atoms with Gasteiger partial charge in [0.15, 0.2) is 5.17 Å². The topological polar surface area (TPSA) is 41.5 Å². The van der Waals surface area contributed by atoms with Crippen LogP contribution in [0.25, 0.3) is 0 Å². The number of nitrogens with one attached hydrogen (secondary N) is 1. The van der Waals surface area contributed by atoms with E-state index in [0.717, 1.165) is 18.4 Å². The van der Waals surface area contributed by atoms with Crippen LogP contribution in [0.2, 0.25) is 0 Å². The highest BCUT2D eigenvalue weighted by Crippen LogP contribution is 2.52. The Bertz CT molecular complexity index is 483. The Labute approximate surface area is 125 Å². The van der Waals surface area contributed by atoms with Gasteiger partial charge in [0.1, 0.15) is 0 Å². The highest BCUT2D eigenvalue weighted by Gasteiger charge is 2.52. The minimum Gasteiger partial charge on any atom is -0.304 e. The first-order chi connectivity index (χ1) is 9.64. The van der Waals surface area contributed by atoms with Gasteiger partial charge < -0.3 is 5.32 Å². The van der Waals surface area contributed by atoms with Crippen molar-refractivity contribution in [3.05, 3.63) is 48.7 Å². The third-order valence-electron chi connectivity index (χ3n) is 3.14. The predicted octanol–water partition coefficient (Wildman–Crippen LogP) is 3.82. The molecule has 3 nitrogen and oxygen atoms in total. The van der Waals surface area contributed by atoms with Crippen molar-refractivity contribution in [1.82, 2.24) is 5.32 Å². The molecule has 1 saturated carbocycles. The second-order valence-electron chi connectivity index (χ2n) is 4.51. The molecule has 0 aromatic heterocycles. The molecule has 4 heteroatoms. The number of hydrogen-bond acceptors (Lipinski definition) is 3. The van der Waals surface area contributed by atoms with Crippen LogP contribution in [-0.4, -0.2) is 17.3 Å². The lowest BCUT2D eigenvalue weighted by molar-refractivity contribution is -0.123. The average molecular weight is 290 g/mol. The number of thioether (sulfide) groups is 1. The fourth-order valence-corrected chi connectivity index (χ4v) is 2.31. The van der Waals surface area contributed by atoms with E-state index in [1.54, 1.807) is 12.3 Å². The SMILES string of the molecule is C=C/C=C(\C=C/C)C1(C(=O)NC(=N/C=C\C)SC)CC1. The molecule has 0 unspecified atom stereocenters. The van der Waals surface area contributed by atoms with Gasteiger partial charge >= 0.3 is 0 Å². The molecule has 1 rings (SSSR count). The van der Waals surface area contributed by atoms with Crippen molar-refractivity contribution in [2.45, 2.75) is 26.7 Å². The van der Waals surface area contributed by atoms with Gasteiger partial charge in [0.2, 0.25) is 5.91 Å². The van der Waals surface area contributed by atoms with Crippen LogP contribution in [0.4, 0.5) is 0 Å². The number of nitrogens with zero attached hydrogens (tertiary/aromatic N) is 1. The zero-order valence-corrected chi connectivity index (χ0v) is 13.2. The van der Waals surface area contributed by atoms with E-state index in [4.69, 9.17) is 0 Å². The molecule has 0 atom stereocenters. The van der Waals surface area contributed by atoms with E-state index >= 15 is 0 Å².